The molecule has 0 unspecified atom stereocenters. The lowest BCUT2D eigenvalue weighted by Gasteiger charge is -2.09. The van der Waals surface area contributed by atoms with Crippen molar-refractivity contribution in [1.82, 2.24) is 15.0 Å². The van der Waals surface area contributed by atoms with E-state index in [2.05, 4.69) is 68.3 Å². The minimum atomic E-state index is -0.178. The molecule has 4 rings (SSSR count). The summed E-state index contributed by atoms with van der Waals surface area (Å²) in [5, 5.41) is 4.87. The van der Waals surface area contributed by atoms with Gasteiger partial charge in [0, 0.05) is 10.0 Å². The number of carbonyl (C=O) groups excluding carboxylic acids is 1. The number of fused-ring (bicyclic) bond motifs is 1. The first-order valence-electron chi connectivity index (χ1n) is 9.80. The second kappa shape index (κ2) is 9.94. The van der Waals surface area contributed by atoms with Crippen LogP contribution in [0.5, 0.6) is 0 Å². The molecule has 0 fully saturated rings. The van der Waals surface area contributed by atoms with E-state index in [-0.39, 0.29) is 11.7 Å². The Morgan fingerprint density at radius 1 is 1.10 bits per heavy atom. The zero-order valence-corrected chi connectivity index (χ0v) is 19.4. The van der Waals surface area contributed by atoms with Gasteiger partial charge in [0.15, 0.2) is 5.16 Å². The molecule has 4 aromatic rings. The monoisotopic (exact) mass is 492 g/mol. The van der Waals surface area contributed by atoms with Crippen molar-refractivity contribution in [2.24, 2.45) is 5.10 Å². The SMILES string of the molecule is Cc1ccc(Cn2c(SCC(=O)N/N=C/c3ccccc3Br)nc3ccccc32)cc1. The first kappa shape index (κ1) is 21.3. The summed E-state index contributed by atoms with van der Waals surface area (Å²) in [7, 11) is 0. The number of imidazole rings is 1. The van der Waals surface area contributed by atoms with E-state index in [1.807, 2.05) is 42.5 Å². The maximum atomic E-state index is 12.3. The highest BCUT2D eigenvalue weighted by atomic mass is 79.9. The van der Waals surface area contributed by atoms with E-state index in [1.165, 1.54) is 22.9 Å². The van der Waals surface area contributed by atoms with Crippen LogP contribution in [0.3, 0.4) is 0 Å². The first-order chi connectivity index (χ1) is 15.1. The number of aryl methyl sites for hydroxylation is 1. The molecule has 0 spiro atoms. The van der Waals surface area contributed by atoms with Crippen molar-refractivity contribution < 1.29 is 4.79 Å². The van der Waals surface area contributed by atoms with E-state index in [4.69, 9.17) is 4.98 Å². The third-order valence-corrected chi connectivity index (χ3v) is 6.41. The number of thioether (sulfide) groups is 1. The molecular weight excluding hydrogens is 472 g/mol. The van der Waals surface area contributed by atoms with Crippen molar-refractivity contribution in [2.45, 2.75) is 18.6 Å². The van der Waals surface area contributed by atoms with Gasteiger partial charge in [-0.2, -0.15) is 5.10 Å². The highest BCUT2D eigenvalue weighted by molar-refractivity contribution is 9.10. The number of benzene rings is 3. The number of hydrogen-bond donors (Lipinski definition) is 1. The number of hydrogen-bond acceptors (Lipinski definition) is 4. The number of hydrazone groups is 1. The molecule has 1 N–H and O–H groups in total. The summed E-state index contributed by atoms with van der Waals surface area (Å²) < 4.78 is 3.08. The quantitative estimate of drug-likeness (QED) is 0.213. The number of amides is 1. The average molecular weight is 493 g/mol. The normalized spacial score (nSPS) is 11.3. The fourth-order valence-corrected chi connectivity index (χ4v) is 4.30. The van der Waals surface area contributed by atoms with Crippen LogP contribution in [-0.2, 0) is 11.3 Å². The summed E-state index contributed by atoms with van der Waals surface area (Å²) in [6.45, 7) is 2.78. The van der Waals surface area contributed by atoms with E-state index in [1.54, 1.807) is 6.21 Å². The third-order valence-electron chi connectivity index (χ3n) is 4.71. The first-order valence-corrected chi connectivity index (χ1v) is 11.6. The largest absolute Gasteiger partial charge is 0.314 e. The lowest BCUT2D eigenvalue weighted by molar-refractivity contribution is -0.118. The predicted octanol–water partition coefficient (Wildman–Crippen LogP) is 5.40. The Morgan fingerprint density at radius 2 is 1.84 bits per heavy atom. The van der Waals surface area contributed by atoms with Crippen molar-refractivity contribution >= 4 is 50.8 Å². The van der Waals surface area contributed by atoms with E-state index < -0.39 is 0 Å². The summed E-state index contributed by atoms with van der Waals surface area (Å²) in [5.74, 6) is 0.0482. The van der Waals surface area contributed by atoms with Gasteiger partial charge in [0.1, 0.15) is 0 Å². The second-order valence-corrected chi connectivity index (χ2v) is 8.86. The van der Waals surface area contributed by atoms with Crippen molar-refractivity contribution in [3.8, 4) is 0 Å². The highest BCUT2D eigenvalue weighted by Crippen LogP contribution is 2.25. The molecule has 31 heavy (non-hydrogen) atoms. The van der Waals surface area contributed by atoms with Crippen LogP contribution < -0.4 is 5.43 Å². The Kier molecular flexibility index (Phi) is 6.84. The molecule has 1 amide bonds. The van der Waals surface area contributed by atoms with Crippen molar-refractivity contribution in [3.63, 3.8) is 0 Å². The van der Waals surface area contributed by atoms with E-state index in [9.17, 15) is 4.79 Å². The van der Waals surface area contributed by atoms with Crippen LogP contribution in [0.4, 0.5) is 0 Å². The predicted molar refractivity (Wildman–Crippen MR) is 131 cm³/mol. The van der Waals surface area contributed by atoms with Gasteiger partial charge in [-0.3, -0.25) is 4.79 Å². The van der Waals surface area contributed by atoms with Crippen LogP contribution in [0.15, 0.2) is 87.5 Å². The minimum absolute atomic E-state index is 0.178. The number of para-hydroxylation sites is 2. The number of aromatic nitrogens is 2. The Bertz CT molecular complexity index is 1230. The average Bonchev–Trinajstić information content (AvgIpc) is 3.12. The Morgan fingerprint density at radius 3 is 2.65 bits per heavy atom. The highest BCUT2D eigenvalue weighted by Gasteiger charge is 2.13. The van der Waals surface area contributed by atoms with Gasteiger partial charge in [0.2, 0.25) is 0 Å². The van der Waals surface area contributed by atoms with Gasteiger partial charge >= 0.3 is 0 Å². The summed E-state index contributed by atoms with van der Waals surface area (Å²) >= 11 is 4.87. The molecule has 0 atom stereocenters. The van der Waals surface area contributed by atoms with Crippen molar-refractivity contribution in [1.29, 1.82) is 0 Å². The van der Waals surface area contributed by atoms with Crippen molar-refractivity contribution in [2.75, 3.05) is 5.75 Å². The molecular formula is C24H21BrN4OS. The zero-order valence-electron chi connectivity index (χ0n) is 17.0. The van der Waals surface area contributed by atoms with Crippen LogP contribution in [0, 0.1) is 6.92 Å². The van der Waals surface area contributed by atoms with E-state index in [0.29, 0.717) is 6.54 Å². The molecule has 3 aromatic carbocycles. The standard InChI is InChI=1S/C24H21BrN4OS/c1-17-10-12-18(13-11-17)15-29-22-9-5-4-8-21(22)27-24(29)31-16-23(30)28-26-14-19-6-2-3-7-20(19)25/h2-14H,15-16H2,1H3,(H,28,30)/b26-14+. The van der Waals surface area contributed by atoms with Crippen LogP contribution in [-0.4, -0.2) is 27.4 Å². The summed E-state index contributed by atoms with van der Waals surface area (Å²) in [6.07, 6.45) is 1.62. The molecule has 156 valence electrons. The summed E-state index contributed by atoms with van der Waals surface area (Å²) in [5.41, 5.74) is 7.89. The maximum absolute atomic E-state index is 12.3. The molecule has 0 aliphatic rings. The number of halogens is 1. The number of nitrogens with zero attached hydrogens (tertiary/aromatic N) is 3. The lowest BCUT2D eigenvalue weighted by atomic mass is 10.1. The molecule has 0 bridgehead atoms. The fraction of sp³-hybridized carbons (Fsp3) is 0.125. The van der Waals surface area contributed by atoms with Crippen LogP contribution in [0.2, 0.25) is 0 Å². The molecule has 1 heterocycles. The molecule has 0 aliphatic heterocycles. The molecule has 1 aromatic heterocycles. The topological polar surface area (TPSA) is 59.3 Å². The van der Waals surface area contributed by atoms with Gasteiger partial charge < -0.3 is 4.57 Å². The van der Waals surface area contributed by atoms with Gasteiger partial charge in [-0.05, 0) is 30.7 Å². The van der Waals surface area contributed by atoms with Gasteiger partial charge in [0.05, 0.1) is 29.5 Å². The number of nitrogens with one attached hydrogen (secondary N) is 1. The van der Waals surface area contributed by atoms with Gasteiger partial charge in [-0.25, -0.2) is 10.4 Å². The summed E-state index contributed by atoms with van der Waals surface area (Å²) in [4.78, 5) is 17.1. The number of rotatable bonds is 7. The van der Waals surface area contributed by atoms with Gasteiger partial charge in [-0.15, -0.1) is 0 Å². The Hall–Kier alpha value is -2.90. The van der Waals surface area contributed by atoms with Crippen LogP contribution >= 0.6 is 27.7 Å². The van der Waals surface area contributed by atoms with Crippen LogP contribution in [0.1, 0.15) is 16.7 Å². The molecule has 0 radical (unpaired) electrons. The molecule has 5 nitrogen and oxygen atoms in total. The molecule has 7 heteroatoms. The second-order valence-electron chi connectivity index (χ2n) is 7.06. The third kappa shape index (κ3) is 5.42. The maximum Gasteiger partial charge on any atom is 0.250 e. The van der Waals surface area contributed by atoms with E-state index >= 15 is 0 Å². The Balaban J connectivity index is 1.46. The van der Waals surface area contributed by atoms with Crippen molar-refractivity contribution in [3.05, 3.63) is 94.0 Å². The minimum Gasteiger partial charge on any atom is -0.314 e. The molecule has 0 saturated heterocycles. The zero-order chi connectivity index (χ0) is 21.6. The lowest BCUT2D eigenvalue weighted by Crippen LogP contribution is -2.20. The van der Waals surface area contributed by atoms with E-state index in [0.717, 1.165) is 26.2 Å². The smallest absolute Gasteiger partial charge is 0.250 e. The van der Waals surface area contributed by atoms with Crippen LogP contribution in [0.25, 0.3) is 11.0 Å². The molecule has 0 aliphatic carbocycles. The number of carbonyl (C=O) groups is 1. The fourth-order valence-electron chi connectivity index (χ4n) is 3.11. The molecule has 0 saturated carbocycles. The summed E-state index contributed by atoms with van der Waals surface area (Å²) in [6, 6.07) is 24.2. The van der Waals surface area contributed by atoms with Gasteiger partial charge in [0.25, 0.3) is 5.91 Å². The Labute approximate surface area is 193 Å². The van der Waals surface area contributed by atoms with Gasteiger partial charge in [-0.1, -0.05) is 87.9 Å².